The van der Waals surface area contributed by atoms with Crippen LogP contribution in [0.4, 0.5) is 0 Å². The zero-order chi connectivity index (χ0) is 12.5. The minimum Gasteiger partial charge on any atom is -0.393 e. The number of aliphatic hydroxyl groups excluding tert-OH is 1. The van der Waals surface area contributed by atoms with Crippen LogP contribution in [0.2, 0.25) is 0 Å². The summed E-state index contributed by atoms with van der Waals surface area (Å²) in [5.41, 5.74) is 3.25. The molecule has 2 aromatic rings. The fraction of sp³-hybridized carbons (Fsp3) is 0.267. The lowest BCUT2D eigenvalue weighted by molar-refractivity contribution is 0.166. The quantitative estimate of drug-likeness (QED) is 0.844. The minimum atomic E-state index is -0.187. The van der Waals surface area contributed by atoms with Gasteiger partial charge in [0.2, 0.25) is 0 Å². The number of aliphatic hydroxyl groups is 1. The molecule has 0 saturated carbocycles. The topological polar surface area (TPSA) is 44.0 Å². The molecule has 0 radical (unpaired) electrons. The summed E-state index contributed by atoms with van der Waals surface area (Å²) in [4.78, 5) is 0. The van der Waals surface area contributed by atoms with Gasteiger partial charge in [-0.2, -0.15) is 5.26 Å². The fourth-order valence-electron chi connectivity index (χ4n) is 2.41. The zero-order valence-electron chi connectivity index (χ0n) is 9.89. The van der Waals surface area contributed by atoms with E-state index in [0.717, 1.165) is 19.3 Å². The van der Waals surface area contributed by atoms with Crippen molar-refractivity contribution in [2.45, 2.75) is 25.4 Å². The highest BCUT2D eigenvalue weighted by molar-refractivity contribution is 7.17. The summed E-state index contributed by atoms with van der Waals surface area (Å²) < 4.78 is 1.22. The molecular formula is C15H13NOS. The summed E-state index contributed by atoms with van der Waals surface area (Å²) in [7, 11) is 0. The first-order valence-corrected chi connectivity index (χ1v) is 6.94. The molecule has 0 saturated heterocycles. The Balaban J connectivity index is 2.10. The molecule has 0 spiro atoms. The van der Waals surface area contributed by atoms with Crippen molar-refractivity contribution in [1.29, 1.82) is 5.26 Å². The predicted molar refractivity (Wildman–Crippen MR) is 74.4 cm³/mol. The standard InChI is InChI=1S/C15H13NOS/c16-8-10-1-6-15-13(7-10)14(9-18-15)11-2-4-12(17)5-3-11/h1-2,6-7,9,12,17H,3-5H2. The van der Waals surface area contributed by atoms with E-state index in [-0.39, 0.29) is 6.10 Å². The molecule has 1 aliphatic rings. The van der Waals surface area contributed by atoms with E-state index in [2.05, 4.69) is 17.5 Å². The first-order chi connectivity index (χ1) is 8.78. The molecule has 1 atom stereocenters. The number of fused-ring (bicyclic) bond motifs is 1. The summed E-state index contributed by atoms with van der Waals surface area (Å²) >= 11 is 1.71. The molecule has 1 heterocycles. The van der Waals surface area contributed by atoms with Crippen molar-refractivity contribution in [2.24, 2.45) is 0 Å². The van der Waals surface area contributed by atoms with E-state index < -0.39 is 0 Å². The van der Waals surface area contributed by atoms with Gasteiger partial charge in [0.25, 0.3) is 0 Å². The fourth-order valence-corrected chi connectivity index (χ4v) is 3.38. The van der Waals surface area contributed by atoms with Crippen LogP contribution < -0.4 is 0 Å². The Morgan fingerprint density at radius 2 is 2.28 bits per heavy atom. The first-order valence-electron chi connectivity index (χ1n) is 6.07. The average molecular weight is 255 g/mol. The van der Waals surface area contributed by atoms with E-state index in [1.165, 1.54) is 21.2 Å². The van der Waals surface area contributed by atoms with E-state index in [1.54, 1.807) is 11.3 Å². The minimum absolute atomic E-state index is 0.187. The summed E-state index contributed by atoms with van der Waals surface area (Å²) in [6.45, 7) is 0. The highest BCUT2D eigenvalue weighted by atomic mass is 32.1. The van der Waals surface area contributed by atoms with Crippen LogP contribution in [-0.2, 0) is 0 Å². The van der Waals surface area contributed by atoms with Crippen molar-refractivity contribution < 1.29 is 5.11 Å². The maximum Gasteiger partial charge on any atom is 0.0991 e. The summed E-state index contributed by atoms with van der Waals surface area (Å²) in [5.74, 6) is 0. The van der Waals surface area contributed by atoms with Crippen LogP contribution in [0, 0.1) is 11.3 Å². The molecule has 3 rings (SSSR count). The van der Waals surface area contributed by atoms with Crippen LogP contribution in [0.5, 0.6) is 0 Å². The number of benzene rings is 1. The van der Waals surface area contributed by atoms with Gasteiger partial charge in [0, 0.05) is 10.1 Å². The smallest absolute Gasteiger partial charge is 0.0991 e. The molecule has 2 nitrogen and oxygen atoms in total. The molecule has 1 aromatic carbocycles. The van der Waals surface area contributed by atoms with E-state index >= 15 is 0 Å². The second-order valence-electron chi connectivity index (χ2n) is 4.63. The van der Waals surface area contributed by atoms with Gasteiger partial charge < -0.3 is 5.11 Å². The molecule has 0 fully saturated rings. The van der Waals surface area contributed by atoms with E-state index in [4.69, 9.17) is 5.26 Å². The molecular weight excluding hydrogens is 242 g/mol. The lowest BCUT2D eigenvalue weighted by Gasteiger charge is -2.17. The van der Waals surface area contributed by atoms with Crippen molar-refractivity contribution in [2.75, 3.05) is 0 Å². The summed E-state index contributed by atoms with van der Waals surface area (Å²) in [6, 6.07) is 8.03. The molecule has 1 aliphatic carbocycles. The number of nitriles is 1. The van der Waals surface area contributed by atoms with Crippen LogP contribution in [0.3, 0.4) is 0 Å². The van der Waals surface area contributed by atoms with Gasteiger partial charge in [-0.25, -0.2) is 0 Å². The van der Waals surface area contributed by atoms with Crippen molar-refractivity contribution in [3.05, 3.63) is 40.8 Å². The van der Waals surface area contributed by atoms with Crippen LogP contribution in [0.1, 0.15) is 30.4 Å². The molecule has 90 valence electrons. The van der Waals surface area contributed by atoms with Crippen LogP contribution in [0.25, 0.3) is 15.7 Å². The Hall–Kier alpha value is -1.63. The van der Waals surface area contributed by atoms with Gasteiger partial charge in [-0.05, 0) is 54.0 Å². The number of allylic oxidation sites excluding steroid dienone is 1. The Kier molecular flexibility index (Phi) is 2.91. The Morgan fingerprint density at radius 3 is 3.00 bits per heavy atom. The molecule has 0 bridgehead atoms. The summed E-state index contributed by atoms with van der Waals surface area (Å²) in [6.07, 6.45) is 4.44. The Bertz CT molecular complexity index is 663. The molecule has 0 aliphatic heterocycles. The molecule has 1 unspecified atom stereocenters. The zero-order valence-corrected chi connectivity index (χ0v) is 10.7. The average Bonchev–Trinajstić information content (AvgIpc) is 2.82. The lowest BCUT2D eigenvalue weighted by atomic mass is 9.92. The van der Waals surface area contributed by atoms with Crippen molar-refractivity contribution in [3.8, 4) is 6.07 Å². The van der Waals surface area contributed by atoms with Crippen molar-refractivity contribution in [1.82, 2.24) is 0 Å². The molecule has 1 aromatic heterocycles. The molecule has 18 heavy (non-hydrogen) atoms. The van der Waals surface area contributed by atoms with Gasteiger partial charge in [-0.3, -0.25) is 0 Å². The molecule has 0 amide bonds. The predicted octanol–water partition coefficient (Wildman–Crippen LogP) is 3.70. The van der Waals surface area contributed by atoms with Gasteiger partial charge in [-0.1, -0.05) is 6.08 Å². The van der Waals surface area contributed by atoms with E-state index in [0.29, 0.717) is 5.56 Å². The second kappa shape index (κ2) is 4.56. The number of rotatable bonds is 1. The van der Waals surface area contributed by atoms with Crippen LogP contribution in [0.15, 0.2) is 29.7 Å². The number of nitrogens with zero attached hydrogens (tertiary/aromatic N) is 1. The number of hydrogen-bond donors (Lipinski definition) is 1. The monoisotopic (exact) mass is 255 g/mol. The largest absolute Gasteiger partial charge is 0.393 e. The third kappa shape index (κ3) is 1.94. The van der Waals surface area contributed by atoms with Gasteiger partial charge in [-0.15, -0.1) is 11.3 Å². The third-order valence-corrected chi connectivity index (χ3v) is 4.40. The van der Waals surface area contributed by atoms with Gasteiger partial charge in [0.15, 0.2) is 0 Å². The highest BCUT2D eigenvalue weighted by Gasteiger charge is 2.15. The second-order valence-corrected chi connectivity index (χ2v) is 5.54. The maximum atomic E-state index is 9.53. The van der Waals surface area contributed by atoms with Crippen LogP contribution in [-0.4, -0.2) is 11.2 Å². The highest BCUT2D eigenvalue weighted by Crippen LogP contribution is 2.36. The molecule has 3 heteroatoms. The van der Waals surface area contributed by atoms with E-state index in [9.17, 15) is 5.11 Å². The normalized spacial score (nSPS) is 19.6. The van der Waals surface area contributed by atoms with Crippen molar-refractivity contribution in [3.63, 3.8) is 0 Å². The SMILES string of the molecule is N#Cc1ccc2scc(C3=CCC(O)CC3)c2c1. The summed E-state index contributed by atoms with van der Waals surface area (Å²) in [5, 5.41) is 21.8. The first kappa shape index (κ1) is 11.5. The van der Waals surface area contributed by atoms with Gasteiger partial charge in [0.05, 0.1) is 17.7 Å². The van der Waals surface area contributed by atoms with Gasteiger partial charge >= 0.3 is 0 Å². The molecule has 1 N–H and O–H groups in total. The lowest BCUT2D eigenvalue weighted by Crippen LogP contribution is -2.09. The van der Waals surface area contributed by atoms with Gasteiger partial charge in [0.1, 0.15) is 0 Å². The van der Waals surface area contributed by atoms with Crippen molar-refractivity contribution >= 4 is 27.0 Å². The van der Waals surface area contributed by atoms with E-state index in [1.807, 2.05) is 18.2 Å². The number of thiophene rings is 1. The maximum absolute atomic E-state index is 9.53. The number of hydrogen-bond acceptors (Lipinski definition) is 3. The third-order valence-electron chi connectivity index (χ3n) is 3.43. The Labute approximate surface area is 110 Å². The van der Waals surface area contributed by atoms with Crippen LogP contribution >= 0.6 is 11.3 Å². The Morgan fingerprint density at radius 1 is 1.39 bits per heavy atom.